The first-order chi connectivity index (χ1) is 7.61. The monoisotopic (exact) mass is 304 g/mol. The van der Waals surface area contributed by atoms with E-state index in [0.29, 0.717) is 0 Å². The minimum atomic E-state index is 0.805. The second-order valence-electron chi connectivity index (χ2n) is 4.47. The van der Waals surface area contributed by atoms with Gasteiger partial charge in [0.25, 0.3) is 0 Å². The van der Waals surface area contributed by atoms with Crippen LogP contribution in [0.3, 0.4) is 0 Å². The fraction of sp³-hybridized carbons (Fsp3) is 0.750. The Labute approximate surface area is 111 Å². The third kappa shape index (κ3) is 5.41. The molecule has 1 rings (SSSR count). The first-order valence-electron chi connectivity index (χ1n) is 5.77. The Morgan fingerprint density at radius 1 is 1.50 bits per heavy atom. The molecule has 0 N–H and O–H groups in total. The van der Waals surface area contributed by atoms with E-state index in [0.717, 1.165) is 29.3 Å². The van der Waals surface area contributed by atoms with Crippen molar-refractivity contribution in [1.82, 2.24) is 9.88 Å². The van der Waals surface area contributed by atoms with Crippen molar-refractivity contribution in [1.29, 1.82) is 0 Å². The standard InChI is InChI=1S/C12H21BrN2S/c1-10(4-6-13)5-7-15(3)8-12-9-16-11(2)14-12/h9-10H,4-8H2,1-3H3. The lowest BCUT2D eigenvalue weighted by Crippen LogP contribution is -2.21. The number of alkyl halides is 1. The van der Waals surface area contributed by atoms with Crippen molar-refractivity contribution < 1.29 is 0 Å². The Kier molecular flexibility index (Phi) is 6.54. The van der Waals surface area contributed by atoms with Crippen LogP contribution in [-0.2, 0) is 6.54 Å². The van der Waals surface area contributed by atoms with E-state index < -0.39 is 0 Å². The quantitative estimate of drug-likeness (QED) is 0.714. The summed E-state index contributed by atoms with van der Waals surface area (Å²) in [5.74, 6) is 0.805. The average molecular weight is 305 g/mol. The van der Waals surface area contributed by atoms with Crippen LogP contribution < -0.4 is 0 Å². The minimum Gasteiger partial charge on any atom is -0.301 e. The van der Waals surface area contributed by atoms with Crippen LogP contribution in [0.5, 0.6) is 0 Å². The first-order valence-corrected chi connectivity index (χ1v) is 7.77. The van der Waals surface area contributed by atoms with Crippen molar-refractivity contribution in [2.45, 2.75) is 33.2 Å². The summed E-state index contributed by atoms with van der Waals surface area (Å²) < 4.78 is 0. The topological polar surface area (TPSA) is 16.1 Å². The molecule has 0 aliphatic carbocycles. The first kappa shape index (κ1) is 14.1. The van der Waals surface area contributed by atoms with E-state index >= 15 is 0 Å². The molecule has 0 spiro atoms. The fourth-order valence-corrected chi connectivity index (χ4v) is 2.99. The number of halogens is 1. The maximum atomic E-state index is 4.48. The zero-order valence-corrected chi connectivity index (χ0v) is 12.8. The summed E-state index contributed by atoms with van der Waals surface area (Å²) in [7, 11) is 2.18. The maximum Gasteiger partial charge on any atom is 0.0897 e. The summed E-state index contributed by atoms with van der Waals surface area (Å²) in [5, 5.41) is 4.44. The molecule has 4 heteroatoms. The van der Waals surface area contributed by atoms with Gasteiger partial charge >= 0.3 is 0 Å². The molecule has 0 aliphatic rings. The summed E-state index contributed by atoms with van der Waals surface area (Å²) in [4.78, 5) is 6.84. The lowest BCUT2D eigenvalue weighted by Gasteiger charge is -2.17. The Morgan fingerprint density at radius 2 is 2.25 bits per heavy atom. The molecule has 0 saturated heterocycles. The molecule has 0 aromatic carbocycles. The van der Waals surface area contributed by atoms with Crippen LogP contribution in [0.2, 0.25) is 0 Å². The van der Waals surface area contributed by atoms with Gasteiger partial charge in [-0.05, 0) is 39.3 Å². The highest BCUT2D eigenvalue weighted by Crippen LogP contribution is 2.12. The second-order valence-corrected chi connectivity index (χ2v) is 6.32. The Bertz CT molecular complexity index is 301. The van der Waals surface area contributed by atoms with Gasteiger partial charge in [-0.3, -0.25) is 0 Å². The summed E-state index contributed by atoms with van der Waals surface area (Å²) >= 11 is 5.23. The van der Waals surface area contributed by atoms with E-state index in [-0.39, 0.29) is 0 Å². The van der Waals surface area contributed by atoms with Crippen LogP contribution in [0, 0.1) is 12.8 Å². The normalized spacial score (nSPS) is 13.3. The molecular weight excluding hydrogens is 284 g/mol. The van der Waals surface area contributed by atoms with Crippen molar-refractivity contribution in [3.63, 3.8) is 0 Å². The summed E-state index contributed by atoms with van der Waals surface area (Å²) in [6, 6.07) is 0. The molecule has 0 fully saturated rings. The number of hydrogen-bond acceptors (Lipinski definition) is 3. The molecule has 0 bridgehead atoms. The second kappa shape index (κ2) is 7.41. The number of rotatable bonds is 7. The highest BCUT2D eigenvalue weighted by molar-refractivity contribution is 9.09. The van der Waals surface area contributed by atoms with E-state index in [4.69, 9.17) is 0 Å². The van der Waals surface area contributed by atoms with Crippen LogP contribution in [0.4, 0.5) is 0 Å². The molecule has 2 nitrogen and oxygen atoms in total. The molecule has 0 aliphatic heterocycles. The van der Waals surface area contributed by atoms with Gasteiger partial charge in [0.15, 0.2) is 0 Å². The molecule has 1 aromatic heterocycles. The SMILES string of the molecule is Cc1nc(CN(C)CCC(C)CCBr)cs1. The van der Waals surface area contributed by atoms with Gasteiger partial charge in [0, 0.05) is 17.3 Å². The fourth-order valence-electron chi connectivity index (χ4n) is 1.61. The van der Waals surface area contributed by atoms with Gasteiger partial charge in [-0.25, -0.2) is 4.98 Å². The molecule has 0 radical (unpaired) electrons. The molecule has 1 heterocycles. The highest BCUT2D eigenvalue weighted by atomic mass is 79.9. The van der Waals surface area contributed by atoms with Gasteiger partial charge in [-0.15, -0.1) is 11.3 Å². The summed E-state index contributed by atoms with van der Waals surface area (Å²) in [5.41, 5.74) is 1.21. The molecule has 16 heavy (non-hydrogen) atoms. The zero-order valence-electron chi connectivity index (χ0n) is 10.4. The van der Waals surface area contributed by atoms with Crippen LogP contribution in [0.15, 0.2) is 5.38 Å². The number of aromatic nitrogens is 1. The van der Waals surface area contributed by atoms with Gasteiger partial charge < -0.3 is 4.90 Å². The third-order valence-corrected chi connectivity index (χ3v) is 3.98. The Morgan fingerprint density at radius 3 is 2.81 bits per heavy atom. The van der Waals surface area contributed by atoms with Crippen LogP contribution in [-0.4, -0.2) is 28.8 Å². The predicted octanol–water partition coefficient (Wildman–Crippen LogP) is 3.69. The van der Waals surface area contributed by atoms with E-state index in [1.807, 2.05) is 0 Å². The Balaban J connectivity index is 2.23. The minimum absolute atomic E-state index is 0.805. The van der Waals surface area contributed by atoms with Gasteiger partial charge in [-0.2, -0.15) is 0 Å². The van der Waals surface area contributed by atoms with Gasteiger partial charge in [0.05, 0.1) is 10.7 Å². The van der Waals surface area contributed by atoms with Crippen molar-refractivity contribution >= 4 is 27.3 Å². The number of aryl methyl sites for hydroxylation is 1. The van der Waals surface area contributed by atoms with Crippen molar-refractivity contribution in [2.75, 3.05) is 18.9 Å². The predicted molar refractivity (Wildman–Crippen MR) is 75.4 cm³/mol. The molecule has 1 aromatic rings. The van der Waals surface area contributed by atoms with Crippen molar-refractivity contribution in [3.8, 4) is 0 Å². The van der Waals surface area contributed by atoms with Gasteiger partial charge in [0.1, 0.15) is 0 Å². The number of hydrogen-bond donors (Lipinski definition) is 0. The lowest BCUT2D eigenvalue weighted by atomic mass is 10.1. The Hall–Kier alpha value is 0.0700. The van der Waals surface area contributed by atoms with E-state index in [9.17, 15) is 0 Å². The van der Waals surface area contributed by atoms with Crippen LogP contribution >= 0.6 is 27.3 Å². The summed E-state index contributed by atoms with van der Waals surface area (Å²) in [6.45, 7) is 6.52. The highest BCUT2D eigenvalue weighted by Gasteiger charge is 2.06. The van der Waals surface area contributed by atoms with Crippen molar-refractivity contribution in [2.24, 2.45) is 5.92 Å². The smallest absolute Gasteiger partial charge is 0.0897 e. The maximum absolute atomic E-state index is 4.48. The van der Waals surface area contributed by atoms with E-state index in [1.54, 1.807) is 11.3 Å². The van der Waals surface area contributed by atoms with Crippen LogP contribution in [0.25, 0.3) is 0 Å². The zero-order chi connectivity index (χ0) is 12.0. The third-order valence-electron chi connectivity index (χ3n) is 2.70. The summed E-state index contributed by atoms with van der Waals surface area (Å²) in [6.07, 6.45) is 2.54. The van der Waals surface area contributed by atoms with E-state index in [1.165, 1.54) is 18.5 Å². The molecule has 0 amide bonds. The molecular formula is C12H21BrN2S. The van der Waals surface area contributed by atoms with Crippen molar-refractivity contribution in [3.05, 3.63) is 16.1 Å². The van der Waals surface area contributed by atoms with E-state index in [2.05, 4.69) is 52.1 Å². The largest absolute Gasteiger partial charge is 0.301 e. The van der Waals surface area contributed by atoms with Crippen LogP contribution in [0.1, 0.15) is 30.5 Å². The average Bonchev–Trinajstić information content (AvgIpc) is 2.61. The van der Waals surface area contributed by atoms with Gasteiger partial charge in [0.2, 0.25) is 0 Å². The molecule has 92 valence electrons. The molecule has 1 unspecified atom stereocenters. The lowest BCUT2D eigenvalue weighted by molar-refractivity contribution is 0.294. The molecule has 1 atom stereocenters. The molecule has 0 saturated carbocycles. The number of thiazole rings is 1. The number of nitrogens with zero attached hydrogens (tertiary/aromatic N) is 2. The van der Waals surface area contributed by atoms with Gasteiger partial charge in [-0.1, -0.05) is 22.9 Å².